The number of benzene rings is 2. The van der Waals surface area contributed by atoms with Crippen LogP contribution in [0.5, 0.6) is 0 Å². The molecule has 5 heteroatoms. The van der Waals surface area contributed by atoms with Crippen molar-refractivity contribution in [3.8, 4) is 11.5 Å². The van der Waals surface area contributed by atoms with E-state index in [2.05, 4.69) is 4.98 Å². The molecule has 5 rings (SSSR count). The quantitative estimate of drug-likeness (QED) is 0.720. The zero-order chi connectivity index (χ0) is 16.9. The third-order valence-corrected chi connectivity index (χ3v) is 5.36. The van der Waals surface area contributed by atoms with Crippen molar-refractivity contribution in [3.63, 3.8) is 0 Å². The first kappa shape index (κ1) is 14.7. The van der Waals surface area contributed by atoms with Gasteiger partial charge in [0, 0.05) is 24.3 Å². The van der Waals surface area contributed by atoms with Crippen molar-refractivity contribution in [1.29, 1.82) is 0 Å². The van der Waals surface area contributed by atoms with Gasteiger partial charge in [0.25, 0.3) is 5.91 Å². The minimum absolute atomic E-state index is 0.0521. The van der Waals surface area contributed by atoms with Crippen LogP contribution in [0.3, 0.4) is 0 Å². The molecule has 0 saturated carbocycles. The van der Waals surface area contributed by atoms with Crippen LogP contribution in [0.15, 0.2) is 52.9 Å². The monoisotopic (exact) mass is 334 g/mol. The SMILES string of the molecule is O=C(c1ccc2nc(-c3ccccc3)oc2c1)N1CCC12CCOC2. The van der Waals surface area contributed by atoms with E-state index >= 15 is 0 Å². The summed E-state index contributed by atoms with van der Waals surface area (Å²) >= 11 is 0. The lowest BCUT2D eigenvalue weighted by Crippen LogP contribution is -2.62. The molecule has 0 N–H and O–H groups in total. The predicted octanol–water partition coefficient (Wildman–Crippen LogP) is 3.50. The van der Waals surface area contributed by atoms with Gasteiger partial charge in [0.1, 0.15) is 5.52 Å². The van der Waals surface area contributed by atoms with Gasteiger partial charge in [-0.15, -0.1) is 0 Å². The zero-order valence-electron chi connectivity index (χ0n) is 13.8. The Bertz CT molecular complexity index is 942. The second kappa shape index (κ2) is 5.43. The number of aromatic nitrogens is 1. The van der Waals surface area contributed by atoms with Gasteiger partial charge in [-0.2, -0.15) is 0 Å². The molecule has 2 fully saturated rings. The molecular formula is C20H18N2O3. The number of hydrogen-bond donors (Lipinski definition) is 0. The van der Waals surface area contributed by atoms with E-state index in [4.69, 9.17) is 9.15 Å². The van der Waals surface area contributed by atoms with E-state index in [9.17, 15) is 4.79 Å². The van der Waals surface area contributed by atoms with E-state index in [0.29, 0.717) is 23.6 Å². The number of amides is 1. The predicted molar refractivity (Wildman–Crippen MR) is 93.3 cm³/mol. The highest BCUT2D eigenvalue weighted by molar-refractivity contribution is 5.98. The molecule has 1 atom stereocenters. The molecule has 0 aliphatic carbocycles. The lowest BCUT2D eigenvalue weighted by Gasteiger charge is -2.49. The third-order valence-electron chi connectivity index (χ3n) is 5.36. The number of ether oxygens (including phenoxy) is 1. The molecule has 25 heavy (non-hydrogen) atoms. The molecule has 2 aliphatic heterocycles. The van der Waals surface area contributed by atoms with Crippen molar-refractivity contribution < 1.29 is 13.9 Å². The number of carbonyl (C=O) groups is 1. The molecule has 126 valence electrons. The molecular weight excluding hydrogens is 316 g/mol. The maximum atomic E-state index is 12.9. The number of hydrogen-bond acceptors (Lipinski definition) is 4. The van der Waals surface area contributed by atoms with Gasteiger partial charge in [0.2, 0.25) is 5.89 Å². The summed E-state index contributed by atoms with van der Waals surface area (Å²) in [5.74, 6) is 0.626. The second-order valence-electron chi connectivity index (χ2n) is 6.80. The van der Waals surface area contributed by atoms with Crippen molar-refractivity contribution in [2.24, 2.45) is 0 Å². The summed E-state index contributed by atoms with van der Waals surface area (Å²) in [6.07, 6.45) is 1.96. The molecule has 1 aromatic heterocycles. The fraction of sp³-hybridized carbons (Fsp3) is 0.300. The van der Waals surface area contributed by atoms with Gasteiger partial charge < -0.3 is 14.1 Å². The molecule has 2 aromatic carbocycles. The minimum Gasteiger partial charge on any atom is -0.436 e. The standard InChI is InChI=1S/C20H18N2O3/c23-19(22-10-8-20(22)9-11-24-13-20)15-6-7-16-17(12-15)25-18(21-16)14-4-2-1-3-5-14/h1-7,12H,8-11,13H2. The fourth-order valence-electron chi connectivity index (χ4n) is 3.78. The molecule has 0 bridgehead atoms. The smallest absolute Gasteiger partial charge is 0.254 e. The molecule has 2 aliphatic rings. The van der Waals surface area contributed by atoms with Gasteiger partial charge in [0.05, 0.1) is 12.1 Å². The van der Waals surface area contributed by atoms with Crippen LogP contribution in [0.1, 0.15) is 23.2 Å². The Balaban J connectivity index is 1.47. The van der Waals surface area contributed by atoms with Crippen LogP contribution >= 0.6 is 0 Å². The van der Waals surface area contributed by atoms with Crippen molar-refractivity contribution in [2.45, 2.75) is 18.4 Å². The second-order valence-corrected chi connectivity index (χ2v) is 6.80. The summed E-state index contributed by atoms with van der Waals surface area (Å²) in [6, 6.07) is 15.3. The first-order valence-electron chi connectivity index (χ1n) is 8.61. The lowest BCUT2D eigenvalue weighted by molar-refractivity contribution is -0.00794. The lowest BCUT2D eigenvalue weighted by atomic mass is 9.83. The number of fused-ring (bicyclic) bond motifs is 1. The van der Waals surface area contributed by atoms with E-state index in [1.807, 2.05) is 47.4 Å². The van der Waals surface area contributed by atoms with Gasteiger partial charge in [-0.05, 0) is 43.2 Å². The van der Waals surface area contributed by atoms with Gasteiger partial charge in [-0.1, -0.05) is 18.2 Å². The van der Waals surface area contributed by atoms with E-state index in [1.54, 1.807) is 6.07 Å². The Morgan fingerprint density at radius 2 is 2.00 bits per heavy atom. The zero-order valence-corrected chi connectivity index (χ0v) is 13.8. The van der Waals surface area contributed by atoms with Crippen LogP contribution < -0.4 is 0 Å². The highest BCUT2D eigenvalue weighted by atomic mass is 16.5. The van der Waals surface area contributed by atoms with Crippen LogP contribution in [0.2, 0.25) is 0 Å². The Kier molecular flexibility index (Phi) is 3.18. The van der Waals surface area contributed by atoms with E-state index < -0.39 is 0 Å². The summed E-state index contributed by atoms with van der Waals surface area (Å²) < 4.78 is 11.4. The van der Waals surface area contributed by atoms with Gasteiger partial charge in [0.15, 0.2) is 5.58 Å². The fourth-order valence-corrected chi connectivity index (χ4v) is 3.78. The molecule has 5 nitrogen and oxygen atoms in total. The average molecular weight is 334 g/mol. The number of carbonyl (C=O) groups excluding carboxylic acids is 1. The summed E-state index contributed by atoms with van der Waals surface area (Å²) in [6.45, 7) is 2.19. The largest absolute Gasteiger partial charge is 0.436 e. The maximum absolute atomic E-state index is 12.9. The first-order chi connectivity index (χ1) is 12.3. The van der Waals surface area contributed by atoms with Gasteiger partial charge >= 0.3 is 0 Å². The molecule has 1 spiro atoms. The highest BCUT2D eigenvalue weighted by Crippen LogP contribution is 2.39. The number of nitrogens with zero attached hydrogens (tertiary/aromatic N) is 2. The van der Waals surface area contributed by atoms with Crippen LogP contribution in [0, 0.1) is 0 Å². The summed E-state index contributed by atoms with van der Waals surface area (Å²) in [5, 5.41) is 0. The minimum atomic E-state index is -0.0807. The van der Waals surface area contributed by atoms with Crippen molar-refractivity contribution in [3.05, 3.63) is 54.1 Å². The first-order valence-corrected chi connectivity index (χ1v) is 8.61. The molecule has 1 unspecified atom stereocenters. The van der Waals surface area contributed by atoms with Crippen LogP contribution in [0.4, 0.5) is 0 Å². The normalized spacial score (nSPS) is 22.5. The number of likely N-dealkylation sites (tertiary alicyclic amines) is 1. The Hall–Kier alpha value is -2.66. The van der Waals surface area contributed by atoms with Crippen LogP contribution in [0.25, 0.3) is 22.6 Å². The van der Waals surface area contributed by atoms with Crippen molar-refractivity contribution in [2.75, 3.05) is 19.8 Å². The summed E-state index contributed by atoms with van der Waals surface area (Å²) in [7, 11) is 0. The molecule has 0 radical (unpaired) electrons. The van der Waals surface area contributed by atoms with Crippen molar-refractivity contribution >= 4 is 17.0 Å². The summed E-state index contributed by atoms with van der Waals surface area (Å²) in [4.78, 5) is 19.4. The Morgan fingerprint density at radius 3 is 2.72 bits per heavy atom. The van der Waals surface area contributed by atoms with Crippen LogP contribution in [-0.2, 0) is 4.74 Å². The topological polar surface area (TPSA) is 55.6 Å². The molecule has 2 saturated heterocycles. The van der Waals surface area contributed by atoms with Gasteiger partial charge in [-0.3, -0.25) is 4.79 Å². The number of rotatable bonds is 2. The van der Waals surface area contributed by atoms with E-state index in [0.717, 1.165) is 37.1 Å². The maximum Gasteiger partial charge on any atom is 0.254 e. The Morgan fingerprint density at radius 1 is 1.12 bits per heavy atom. The summed E-state index contributed by atoms with van der Waals surface area (Å²) in [5.41, 5.74) is 2.90. The third kappa shape index (κ3) is 2.27. The van der Waals surface area contributed by atoms with E-state index in [-0.39, 0.29) is 11.4 Å². The Labute approximate surface area is 145 Å². The van der Waals surface area contributed by atoms with Gasteiger partial charge in [-0.25, -0.2) is 4.98 Å². The highest BCUT2D eigenvalue weighted by Gasteiger charge is 2.50. The molecule has 3 aromatic rings. The number of oxazole rings is 1. The van der Waals surface area contributed by atoms with E-state index in [1.165, 1.54) is 0 Å². The van der Waals surface area contributed by atoms with Crippen molar-refractivity contribution in [1.82, 2.24) is 9.88 Å². The van der Waals surface area contributed by atoms with Crippen LogP contribution in [-0.4, -0.2) is 41.1 Å². The molecule has 1 amide bonds. The molecule has 3 heterocycles. The average Bonchev–Trinajstić information content (AvgIpc) is 3.29.